The van der Waals surface area contributed by atoms with Crippen LogP contribution >= 0.6 is 0 Å². The van der Waals surface area contributed by atoms with Gasteiger partial charge in [0.2, 0.25) is 8.32 Å². The molecule has 0 aromatic rings. The molecular formula is C13H26O3Si. The SMILES string of the molecule is C=C(C)C(=O)OC(CC)[Si](CC)(CC)OCC. The summed E-state index contributed by atoms with van der Waals surface area (Å²) >= 11 is 0. The summed E-state index contributed by atoms with van der Waals surface area (Å²) in [5, 5.41) is 0. The van der Waals surface area contributed by atoms with Crippen LogP contribution in [0.25, 0.3) is 0 Å². The van der Waals surface area contributed by atoms with Gasteiger partial charge in [-0.15, -0.1) is 0 Å². The number of carbonyl (C=O) groups is 1. The lowest BCUT2D eigenvalue weighted by atomic mass is 10.4. The zero-order chi connectivity index (χ0) is 13.5. The van der Waals surface area contributed by atoms with E-state index in [0.29, 0.717) is 12.2 Å². The number of hydrogen-bond acceptors (Lipinski definition) is 3. The van der Waals surface area contributed by atoms with E-state index in [1.165, 1.54) is 0 Å². The van der Waals surface area contributed by atoms with Crippen LogP contribution in [-0.2, 0) is 14.0 Å². The van der Waals surface area contributed by atoms with Gasteiger partial charge in [-0.25, -0.2) is 4.79 Å². The predicted molar refractivity (Wildman–Crippen MR) is 73.3 cm³/mol. The first-order valence-electron chi connectivity index (χ1n) is 6.47. The minimum absolute atomic E-state index is 0.0679. The van der Waals surface area contributed by atoms with Crippen molar-refractivity contribution in [2.24, 2.45) is 0 Å². The Morgan fingerprint density at radius 3 is 2.06 bits per heavy atom. The summed E-state index contributed by atoms with van der Waals surface area (Å²) in [5.41, 5.74) is 0.386. The zero-order valence-corrected chi connectivity index (χ0v) is 12.8. The van der Waals surface area contributed by atoms with E-state index in [9.17, 15) is 4.79 Å². The molecule has 0 heterocycles. The first kappa shape index (κ1) is 16.4. The maximum atomic E-state index is 11.6. The van der Waals surface area contributed by atoms with Crippen molar-refractivity contribution in [3.05, 3.63) is 12.2 Å². The molecule has 100 valence electrons. The molecule has 0 saturated heterocycles. The van der Waals surface area contributed by atoms with Gasteiger partial charge in [-0.1, -0.05) is 27.4 Å². The molecule has 0 amide bonds. The van der Waals surface area contributed by atoms with Gasteiger partial charge in [0.25, 0.3) is 0 Å². The molecule has 4 heteroatoms. The number of esters is 1. The van der Waals surface area contributed by atoms with Gasteiger partial charge in [0.15, 0.2) is 0 Å². The summed E-state index contributed by atoms with van der Waals surface area (Å²) in [4.78, 5) is 11.6. The number of rotatable bonds is 8. The van der Waals surface area contributed by atoms with Gasteiger partial charge in [0.1, 0.15) is 5.73 Å². The lowest BCUT2D eigenvalue weighted by molar-refractivity contribution is -0.141. The van der Waals surface area contributed by atoms with Gasteiger partial charge >= 0.3 is 5.97 Å². The van der Waals surface area contributed by atoms with E-state index in [2.05, 4.69) is 20.4 Å². The normalized spacial score (nSPS) is 13.2. The maximum Gasteiger partial charge on any atom is 0.333 e. The first-order valence-corrected chi connectivity index (χ1v) is 8.87. The van der Waals surface area contributed by atoms with Crippen molar-refractivity contribution in [2.45, 2.75) is 58.9 Å². The van der Waals surface area contributed by atoms with Crippen LogP contribution < -0.4 is 0 Å². The second-order valence-corrected chi connectivity index (χ2v) is 8.76. The van der Waals surface area contributed by atoms with Crippen LogP contribution in [0.5, 0.6) is 0 Å². The van der Waals surface area contributed by atoms with Crippen molar-refractivity contribution in [3.8, 4) is 0 Å². The van der Waals surface area contributed by atoms with Gasteiger partial charge < -0.3 is 9.16 Å². The topological polar surface area (TPSA) is 35.5 Å². The molecule has 0 bridgehead atoms. The van der Waals surface area contributed by atoms with Crippen molar-refractivity contribution in [2.75, 3.05) is 6.61 Å². The van der Waals surface area contributed by atoms with Gasteiger partial charge in [0.05, 0.1) is 0 Å². The van der Waals surface area contributed by atoms with Gasteiger partial charge in [-0.05, 0) is 32.4 Å². The second-order valence-electron chi connectivity index (χ2n) is 4.29. The molecule has 0 aliphatic heterocycles. The molecular weight excluding hydrogens is 232 g/mol. The lowest BCUT2D eigenvalue weighted by Crippen LogP contribution is -2.51. The van der Waals surface area contributed by atoms with Crippen LogP contribution in [0.3, 0.4) is 0 Å². The third-order valence-corrected chi connectivity index (χ3v) is 8.14. The molecule has 0 spiro atoms. The van der Waals surface area contributed by atoms with E-state index in [1.54, 1.807) is 6.92 Å². The molecule has 0 aliphatic carbocycles. The minimum Gasteiger partial charge on any atom is -0.460 e. The number of ether oxygens (including phenoxy) is 1. The van der Waals surface area contributed by atoms with E-state index in [-0.39, 0.29) is 11.7 Å². The molecule has 0 N–H and O–H groups in total. The van der Waals surface area contributed by atoms with E-state index in [1.807, 2.05) is 13.8 Å². The van der Waals surface area contributed by atoms with Crippen LogP contribution in [0.2, 0.25) is 12.1 Å². The quantitative estimate of drug-likeness (QED) is 0.380. The maximum absolute atomic E-state index is 11.6. The monoisotopic (exact) mass is 258 g/mol. The highest BCUT2D eigenvalue weighted by Gasteiger charge is 2.41. The highest BCUT2D eigenvalue weighted by Crippen LogP contribution is 2.26. The summed E-state index contributed by atoms with van der Waals surface area (Å²) in [7, 11) is -1.97. The summed E-state index contributed by atoms with van der Waals surface area (Å²) in [5.74, 6) is -0.296. The Balaban J connectivity index is 4.90. The van der Waals surface area contributed by atoms with Crippen LogP contribution in [0, 0.1) is 0 Å². The Hall–Kier alpha value is -0.613. The Bertz CT molecular complexity index is 259. The van der Waals surface area contributed by atoms with Crippen LogP contribution in [-0.4, -0.2) is 26.6 Å². The highest BCUT2D eigenvalue weighted by molar-refractivity contribution is 6.75. The molecule has 0 fully saturated rings. The van der Waals surface area contributed by atoms with E-state index in [0.717, 1.165) is 18.5 Å². The fourth-order valence-electron chi connectivity index (χ4n) is 2.08. The van der Waals surface area contributed by atoms with Gasteiger partial charge in [0, 0.05) is 12.2 Å². The Morgan fingerprint density at radius 2 is 1.76 bits per heavy atom. The van der Waals surface area contributed by atoms with Crippen LogP contribution in [0.15, 0.2) is 12.2 Å². The molecule has 0 aromatic carbocycles. The summed E-state index contributed by atoms with van der Waals surface area (Å²) in [6.07, 6.45) is 0.812. The van der Waals surface area contributed by atoms with E-state index in [4.69, 9.17) is 9.16 Å². The lowest BCUT2D eigenvalue weighted by Gasteiger charge is -2.35. The molecule has 0 aliphatic rings. The average molecular weight is 258 g/mol. The molecule has 1 unspecified atom stereocenters. The fourth-order valence-corrected chi connectivity index (χ4v) is 5.73. The van der Waals surface area contributed by atoms with Crippen molar-refractivity contribution >= 4 is 14.3 Å². The molecule has 3 nitrogen and oxygen atoms in total. The molecule has 0 saturated carbocycles. The number of hydrogen-bond donors (Lipinski definition) is 0. The third-order valence-electron chi connectivity index (χ3n) is 3.18. The minimum atomic E-state index is -1.97. The van der Waals surface area contributed by atoms with Crippen molar-refractivity contribution in [1.29, 1.82) is 0 Å². The highest BCUT2D eigenvalue weighted by atomic mass is 28.4. The predicted octanol–water partition coefficient (Wildman–Crippen LogP) is 3.45. The van der Waals surface area contributed by atoms with Crippen LogP contribution in [0.1, 0.15) is 41.0 Å². The Labute approximate surface area is 106 Å². The molecule has 0 radical (unpaired) electrons. The Kier molecular flexibility index (Phi) is 7.39. The second kappa shape index (κ2) is 7.66. The van der Waals surface area contributed by atoms with Gasteiger partial charge in [-0.3, -0.25) is 0 Å². The van der Waals surface area contributed by atoms with Crippen molar-refractivity contribution in [3.63, 3.8) is 0 Å². The molecule has 1 atom stereocenters. The smallest absolute Gasteiger partial charge is 0.333 e. The average Bonchev–Trinajstić information content (AvgIpc) is 2.33. The standard InChI is InChI=1S/C13H26O3Si/c1-7-12(16-13(14)11(5)6)17(9-3,10-4)15-8-2/h12H,5,7-10H2,1-4,6H3. The van der Waals surface area contributed by atoms with Crippen LogP contribution in [0.4, 0.5) is 0 Å². The summed E-state index contributed by atoms with van der Waals surface area (Å²) < 4.78 is 11.6. The largest absolute Gasteiger partial charge is 0.460 e. The van der Waals surface area contributed by atoms with Gasteiger partial charge in [-0.2, -0.15) is 0 Å². The zero-order valence-electron chi connectivity index (χ0n) is 11.8. The summed E-state index contributed by atoms with van der Waals surface area (Å²) in [6.45, 7) is 14.3. The summed E-state index contributed by atoms with van der Waals surface area (Å²) in [6, 6.07) is 1.94. The van der Waals surface area contributed by atoms with Crippen molar-refractivity contribution < 1.29 is 14.0 Å². The third kappa shape index (κ3) is 4.28. The van der Waals surface area contributed by atoms with E-state index >= 15 is 0 Å². The molecule has 17 heavy (non-hydrogen) atoms. The molecule has 0 aromatic heterocycles. The van der Waals surface area contributed by atoms with Crippen molar-refractivity contribution in [1.82, 2.24) is 0 Å². The fraction of sp³-hybridized carbons (Fsp3) is 0.769. The Morgan fingerprint density at radius 1 is 1.24 bits per heavy atom. The first-order chi connectivity index (χ1) is 7.97. The van der Waals surface area contributed by atoms with E-state index < -0.39 is 8.32 Å². The molecule has 0 rings (SSSR count). The number of carbonyl (C=O) groups excluding carboxylic acids is 1.